The summed E-state index contributed by atoms with van der Waals surface area (Å²) >= 11 is 0. The Morgan fingerprint density at radius 1 is 1.03 bits per heavy atom. The van der Waals surface area contributed by atoms with Crippen LogP contribution in [0.3, 0.4) is 0 Å². The van der Waals surface area contributed by atoms with E-state index in [4.69, 9.17) is 0 Å². The third-order valence-corrected chi connectivity index (χ3v) is 6.66. The summed E-state index contributed by atoms with van der Waals surface area (Å²) in [5.74, 6) is 0.0369. The molecule has 4 amide bonds. The number of carbonyl (C=O) groups is 3. The van der Waals surface area contributed by atoms with Gasteiger partial charge in [-0.15, -0.1) is 0 Å². The molecule has 0 radical (unpaired) electrons. The van der Waals surface area contributed by atoms with Gasteiger partial charge in [-0.3, -0.25) is 14.5 Å². The second kappa shape index (κ2) is 9.16. The number of hydrogen-bond donors (Lipinski definition) is 2. The molecule has 30 heavy (non-hydrogen) atoms. The van der Waals surface area contributed by atoms with Gasteiger partial charge in [-0.1, -0.05) is 43.2 Å². The molecule has 2 N–H and O–H groups in total. The smallest absolute Gasteiger partial charge is 0.325 e. The fourth-order valence-electron chi connectivity index (χ4n) is 4.97. The lowest BCUT2D eigenvalue weighted by atomic mass is 9.98. The van der Waals surface area contributed by atoms with Gasteiger partial charge in [-0.2, -0.15) is 0 Å². The number of imide groups is 1. The lowest BCUT2D eigenvalue weighted by molar-refractivity contribution is -0.134. The number of piperidine rings is 1. The zero-order chi connectivity index (χ0) is 21.0. The number of urea groups is 1. The van der Waals surface area contributed by atoms with Gasteiger partial charge >= 0.3 is 6.03 Å². The molecule has 0 aromatic heterocycles. The van der Waals surface area contributed by atoms with Crippen molar-refractivity contribution < 1.29 is 14.4 Å². The largest absolute Gasteiger partial charge is 0.341 e. The quantitative estimate of drug-likeness (QED) is 0.533. The molecule has 3 fully saturated rings. The standard InChI is InChI=1S/C23H32N4O3/c28-20(26-15-7-2-8-16-26)19(18-10-3-1-4-11-18)24-14-9-17-27-21(29)23(25-22(27)30)12-5-6-13-23/h1,3-4,10-11,19,24H,2,5-9,12-17H2,(H,25,30). The summed E-state index contributed by atoms with van der Waals surface area (Å²) in [6, 6.07) is 9.12. The van der Waals surface area contributed by atoms with E-state index in [0.29, 0.717) is 19.5 Å². The van der Waals surface area contributed by atoms with Gasteiger partial charge < -0.3 is 15.5 Å². The van der Waals surface area contributed by atoms with Crippen LogP contribution in [-0.2, 0) is 9.59 Å². The van der Waals surface area contributed by atoms with Gasteiger partial charge in [-0.05, 0) is 50.6 Å². The minimum atomic E-state index is -0.651. The van der Waals surface area contributed by atoms with E-state index in [-0.39, 0.29) is 17.8 Å². The number of nitrogens with one attached hydrogen (secondary N) is 2. The zero-order valence-corrected chi connectivity index (χ0v) is 17.6. The molecule has 2 heterocycles. The number of rotatable bonds is 7. The lowest BCUT2D eigenvalue weighted by Crippen LogP contribution is -2.44. The molecular formula is C23H32N4O3. The predicted octanol–water partition coefficient (Wildman–Crippen LogP) is 2.58. The van der Waals surface area contributed by atoms with Crippen molar-refractivity contribution in [2.24, 2.45) is 0 Å². The first-order valence-corrected chi connectivity index (χ1v) is 11.3. The molecule has 1 aliphatic carbocycles. The second-order valence-electron chi connectivity index (χ2n) is 8.71. The maximum atomic E-state index is 13.2. The van der Waals surface area contributed by atoms with Crippen molar-refractivity contribution in [1.82, 2.24) is 20.4 Å². The van der Waals surface area contributed by atoms with E-state index >= 15 is 0 Å². The fraction of sp³-hybridized carbons (Fsp3) is 0.609. The summed E-state index contributed by atoms with van der Waals surface area (Å²) in [7, 11) is 0. The first-order chi connectivity index (χ1) is 14.6. The van der Waals surface area contributed by atoms with E-state index in [9.17, 15) is 14.4 Å². The molecule has 1 atom stereocenters. The Morgan fingerprint density at radius 3 is 2.43 bits per heavy atom. The zero-order valence-electron chi connectivity index (χ0n) is 17.6. The van der Waals surface area contributed by atoms with Crippen molar-refractivity contribution in [3.05, 3.63) is 35.9 Å². The molecule has 2 saturated heterocycles. The van der Waals surface area contributed by atoms with Gasteiger partial charge in [0.25, 0.3) is 5.91 Å². The normalized spacial score (nSPS) is 21.9. The fourth-order valence-corrected chi connectivity index (χ4v) is 4.97. The summed E-state index contributed by atoms with van der Waals surface area (Å²) in [4.78, 5) is 41.6. The first-order valence-electron chi connectivity index (χ1n) is 11.3. The Morgan fingerprint density at radius 2 is 1.73 bits per heavy atom. The minimum absolute atomic E-state index is 0.0750. The van der Waals surface area contributed by atoms with Crippen LogP contribution in [-0.4, -0.2) is 59.4 Å². The Hall–Kier alpha value is -2.41. The van der Waals surface area contributed by atoms with Gasteiger partial charge in [0.15, 0.2) is 0 Å². The van der Waals surface area contributed by atoms with Gasteiger partial charge in [-0.25, -0.2) is 4.79 Å². The van der Waals surface area contributed by atoms with Crippen molar-refractivity contribution in [3.63, 3.8) is 0 Å². The maximum Gasteiger partial charge on any atom is 0.325 e. The summed E-state index contributed by atoms with van der Waals surface area (Å²) in [5, 5.41) is 6.31. The maximum absolute atomic E-state index is 13.2. The molecule has 1 aromatic rings. The van der Waals surface area contributed by atoms with Gasteiger partial charge in [0.05, 0.1) is 0 Å². The highest BCUT2D eigenvalue weighted by Gasteiger charge is 2.52. The molecular weight excluding hydrogens is 380 g/mol. The van der Waals surface area contributed by atoms with E-state index in [1.807, 2.05) is 35.2 Å². The van der Waals surface area contributed by atoms with Gasteiger partial charge in [0, 0.05) is 19.6 Å². The molecule has 7 nitrogen and oxygen atoms in total. The number of hydrogen-bond acceptors (Lipinski definition) is 4. The molecule has 4 rings (SSSR count). The summed E-state index contributed by atoms with van der Waals surface area (Å²) in [5.41, 5.74) is 0.300. The molecule has 1 aromatic carbocycles. The van der Waals surface area contributed by atoms with Gasteiger partial charge in [0.2, 0.25) is 5.91 Å². The molecule has 2 aliphatic heterocycles. The molecule has 7 heteroatoms. The van der Waals surface area contributed by atoms with E-state index in [2.05, 4.69) is 10.6 Å². The Balaban J connectivity index is 1.34. The molecule has 1 spiro atoms. The molecule has 162 valence electrons. The van der Waals surface area contributed by atoms with Crippen LogP contribution in [0.5, 0.6) is 0 Å². The summed E-state index contributed by atoms with van der Waals surface area (Å²) in [6.07, 6.45) is 7.37. The number of nitrogens with zero attached hydrogens (tertiary/aromatic N) is 2. The van der Waals surface area contributed by atoms with Crippen molar-refractivity contribution in [2.75, 3.05) is 26.2 Å². The SMILES string of the molecule is O=C(C(NCCCN1C(=O)NC2(CCCC2)C1=O)c1ccccc1)N1CCCCC1. The van der Waals surface area contributed by atoms with Crippen LogP contribution in [0.1, 0.15) is 63.0 Å². The van der Waals surface area contributed by atoms with Gasteiger partial charge in [0.1, 0.15) is 11.6 Å². The average molecular weight is 413 g/mol. The number of likely N-dealkylation sites (tertiary alicyclic amines) is 1. The summed E-state index contributed by atoms with van der Waals surface area (Å²) in [6.45, 7) is 2.56. The summed E-state index contributed by atoms with van der Waals surface area (Å²) < 4.78 is 0. The Bertz CT molecular complexity index is 770. The molecule has 0 bridgehead atoms. The number of carbonyl (C=O) groups excluding carboxylic acids is 3. The topological polar surface area (TPSA) is 81.8 Å². The average Bonchev–Trinajstić information content (AvgIpc) is 3.34. The third kappa shape index (κ3) is 4.21. The van der Waals surface area contributed by atoms with Crippen LogP contribution in [0.2, 0.25) is 0 Å². The Kier molecular flexibility index (Phi) is 6.37. The number of benzene rings is 1. The van der Waals surface area contributed by atoms with Crippen LogP contribution < -0.4 is 10.6 Å². The highest BCUT2D eigenvalue weighted by atomic mass is 16.2. The van der Waals surface area contributed by atoms with Crippen LogP contribution in [0.25, 0.3) is 0 Å². The van der Waals surface area contributed by atoms with E-state index in [1.165, 1.54) is 11.3 Å². The van der Waals surface area contributed by atoms with Crippen molar-refractivity contribution >= 4 is 17.8 Å². The van der Waals surface area contributed by atoms with Crippen molar-refractivity contribution in [3.8, 4) is 0 Å². The van der Waals surface area contributed by atoms with Crippen molar-refractivity contribution in [2.45, 2.75) is 62.9 Å². The van der Waals surface area contributed by atoms with E-state index in [1.54, 1.807) is 0 Å². The third-order valence-electron chi connectivity index (χ3n) is 6.66. The van der Waals surface area contributed by atoms with Crippen LogP contribution in [0, 0.1) is 0 Å². The monoisotopic (exact) mass is 412 g/mol. The van der Waals surface area contributed by atoms with Crippen LogP contribution >= 0.6 is 0 Å². The first kappa shape index (κ1) is 20.8. The molecule has 3 aliphatic rings. The van der Waals surface area contributed by atoms with Crippen molar-refractivity contribution in [1.29, 1.82) is 0 Å². The highest BCUT2D eigenvalue weighted by molar-refractivity contribution is 6.07. The molecule has 1 saturated carbocycles. The highest BCUT2D eigenvalue weighted by Crippen LogP contribution is 2.35. The molecule has 1 unspecified atom stereocenters. The van der Waals surface area contributed by atoms with Crippen LogP contribution in [0.4, 0.5) is 4.79 Å². The number of amides is 4. The predicted molar refractivity (Wildman–Crippen MR) is 114 cm³/mol. The van der Waals surface area contributed by atoms with E-state index in [0.717, 1.165) is 57.2 Å². The minimum Gasteiger partial charge on any atom is -0.341 e. The second-order valence-corrected chi connectivity index (χ2v) is 8.71. The lowest BCUT2D eigenvalue weighted by Gasteiger charge is -2.31. The van der Waals surface area contributed by atoms with E-state index < -0.39 is 11.6 Å². The van der Waals surface area contributed by atoms with Crippen LogP contribution in [0.15, 0.2) is 30.3 Å². The Labute approximate surface area is 178 Å².